The molecule has 1 unspecified atom stereocenters. The lowest BCUT2D eigenvalue weighted by Gasteiger charge is -2.11. The lowest BCUT2D eigenvalue weighted by Crippen LogP contribution is -2.15. The molecule has 0 spiro atoms. The first-order chi connectivity index (χ1) is 9.95. The van der Waals surface area contributed by atoms with Crippen molar-refractivity contribution in [2.45, 2.75) is 6.04 Å². The number of nitrogens with two attached hydrogens (primary N) is 1. The van der Waals surface area contributed by atoms with E-state index in [-0.39, 0.29) is 11.3 Å². The van der Waals surface area contributed by atoms with E-state index in [2.05, 4.69) is 15.9 Å². The molecule has 2 aromatic carbocycles. The molecule has 108 valence electrons. The van der Waals surface area contributed by atoms with E-state index in [1.165, 1.54) is 0 Å². The number of furan rings is 1. The van der Waals surface area contributed by atoms with Gasteiger partial charge in [-0.3, -0.25) is 0 Å². The number of hydrogen-bond donors (Lipinski definition) is 1. The Morgan fingerprint density at radius 3 is 2.43 bits per heavy atom. The van der Waals surface area contributed by atoms with E-state index in [1.54, 1.807) is 24.3 Å². The molecule has 2 N–H and O–H groups in total. The van der Waals surface area contributed by atoms with Crippen molar-refractivity contribution in [2.24, 2.45) is 5.73 Å². The Balaban J connectivity index is 2.10. The van der Waals surface area contributed by atoms with E-state index in [1.807, 2.05) is 0 Å². The lowest BCUT2D eigenvalue weighted by molar-refractivity contribution is 0.487. The van der Waals surface area contributed by atoms with Gasteiger partial charge >= 0.3 is 0 Å². The van der Waals surface area contributed by atoms with Crippen LogP contribution in [-0.2, 0) is 0 Å². The first-order valence-electron chi connectivity index (χ1n) is 6.04. The Labute approximate surface area is 132 Å². The summed E-state index contributed by atoms with van der Waals surface area (Å²) in [6.45, 7) is 0. The van der Waals surface area contributed by atoms with Crippen LogP contribution in [0.1, 0.15) is 17.4 Å². The first kappa shape index (κ1) is 14.5. The Kier molecular flexibility index (Phi) is 3.73. The van der Waals surface area contributed by atoms with Crippen LogP contribution in [0.4, 0.5) is 8.78 Å². The monoisotopic (exact) mass is 371 g/mol. The van der Waals surface area contributed by atoms with Crippen molar-refractivity contribution < 1.29 is 13.2 Å². The molecule has 0 fully saturated rings. The summed E-state index contributed by atoms with van der Waals surface area (Å²) >= 11 is 8.92. The molecule has 21 heavy (non-hydrogen) atoms. The summed E-state index contributed by atoms with van der Waals surface area (Å²) in [5.41, 5.74) is 6.27. The molecule has 1 atom stereocenters. The number of halogens is 4. The Hall–Kier alpha value is -1.43. The van der Waals surface area contributed by atoms with Crippen LogP contribution < -0.4 is 5.73 Å². The normalized spacial score (nSPS) is 12.8. The molecule has 3 aromatic rings. The maximum Gasteiger partial charge on any atom is 0.134 e. The van der Waals surface area contributed by atoms with Crippen LogP contribution in [0.25, 0.3) is 11.0 Å². The molecule has 0 amide bonds. The Morgan fingerprint density at radius 2 is 1.76 bits per heavy atom. The first-order valence-corrected chi connectivity index (χ1v) is 7.22. The average Bonchev–Trinajstić information content (AvgIpc) is 2.80. The van der Waals surface area contributed by atoms with Crippen LogP contribution >= 0.6 is 27.5 Å². The van der Waals surface area contributed by atoms with Gasteiger partial charge in [0, 0.05) is 20.4 Å². The summed E-state index contributed by atoms with van der Waals surface area (Å²) in [6, 6.07) is 7.98. The standard InChI is InChI=1S/C15H9BrClF2NO/c16-8-5-10(18)14(11(19)6-8)15(20)13-4-7-3-9(17)1-2-12(7)21-13/h1-6,15H,20H2. The molecule has 0 saturated heterocycles. The van der Waals surface area contributed by atoms with Crippen molar-refractivity contribution >= 4 is 38.5 Å². The maximum absolute atomic E-state index is 14.0. The van der Waals surface area contributed by atoms with Crippen LogP contribution in [0.3, 0.4) is 0 Å². The zero-order valence-corrected chi connectivity index (χ0v) is 12.9. The molecule has 0 radical (unpaired) electrons. The number of benzene rings is 2. The fourth-order valence-electron chi connectivity index (χ4n) is 2.18. The summed E-state index contributed by atoms with van der Waals surface area (Å²) in [4.78, 5) is 0. The summed E-state index contributed by atoms with van der Waals surface area (Å²) < 4.78 is 33.8. The molecule has 1 heterocycles. The molecule has 0 aliphatic carbocycles. The van der Waals surface area contributed by atoms with E-state index in [0.29, 0.717) is 15.1 Å². The second kappa shape index (κ2) is 5.40. The predicted octanol–water partition coefficient (Wildman–Crippen LogP) is 5.18. The topological polar surface area (TPSA) is 39.2 Å². The minimum Gasteiger partial charge on any atom is -0.459 e. The van der Waals surface area contributed by atoms with Gasteiger partial charge in [0.25, 0.3) is 0 Å². The van der Waals surface area contributed by atoms with Gasteiger partial charge in [-0.25, -0.2) is 8.78 Å². The van der Waals surface area contributed by atoms with Crippen molar-refractivity contribution in [1.82, 2.24) is 0 Å². The van der Waals surface area contributed by atoms with Gasteiger partial charge in [0.05, 0.1) is 6.04 Å². The summed E-state index contributed by atoms with van der Waals surface area (Å²) in [5, 5.41) is 1.27. The predicted molar refractivity (Wildman–Crippen MR) is 81.3 cm³/mol. The van der Waals surface area contributed by atoms with Gasteiger partial charge in [0.1, 0.15) is 23.0 Å². The largest absolute Gasteiger partial charge is 0.459 e. The highest BCUT2D eigenvalue weighted by Gasteiger charge is 2.22. The molecule has 0 bridgehead atoms. The Morgan fingerprint density at radius 1 is 1.10 bits per heavy atom. The van der Waals surface area contributed by atoms with Gasteiger partial charge < -0.3 is 10.2 Å². The van der Waals surface area contributed by atoms with Gasteiger partial charge in [0.15, 0.2) is 0 Å². The molecule has 3 rings (SSSR count). The lowest BCUT2D eigenvalue weighted by atomic mass is 10.0. The highest BCUT2D eigenvalue weighted by Crippen LogP contribution is 2.31. The number of hydrogen-bond acceptors (Lipinski definition) is 2. The minimum absolute atomic E-state index is 0.233. The summed E-state index contributed by atoms with van der Waals surface area (Å²) in [6.07, 6.45) is 0. The van der Waals surface area contributed by atoms with Crippen LogP contribution in [0.2, 0.25) is 5.02 Å². The minimum atomic E-state index is -1.04. The highest BCUT2D eigenvalue weighted by atomic mass is 79.9. The van der Waals surface area contributed by atoms with E-state index in [9.17, 15) is 8.78 Å². The van der Waals surface area contributed by atoms with Crippen molar-refractivity contribution in [3.63, 3.8) is 0 Å². The van der Waals surface area contributed by atoms with E-state index >= 15 is 0 Å². The van der Waals surface area contributed by atoms with E-state index < -0.39 is 17.7 Å². The third kappa shape index (κ3) is 2.69. The smallest absolute Gasteiger partial charge is 0.134 e. The van der Waals surface area contributed by atoms with Gasteiger partial charge in [0.2, 0.25) is 0 Å². The molecule has 6 heteroatoms. The molecule has 0 aliphatic heterocycles. The number of fused-ring (bicyclic) bond motifs is 1. The zero-order chi connectivity index (χ0) is 15.1. The average molecular weight is 373 g/mol. The fourth-order valence-corrected chi connectivity index (χ4v) is 2.76. The van der Waals surface area contributed by atoms with Crippen molar-refractivity contribution in [1.29, 1.82) is 0 Å². The van der Waals surface area contributed by atoms with Crippen LogP contribution in [0, 0.1) is 11.6 Å². The second-order valence-corrected chi connectivity index (χ2v) is 5.94. The third-order valence-corrected chi connectivity index (χ3v) is 3.85. The molecular formula is C15H9BrClF2NO. The zero-order valence-electron chi connectivity index (χ0n) is 10.5. The SMILES string of the molecule is NC(c1cc2cc(Cl)ccc2o1)c1c(F)cc(Br)cc1F. The quantitative estimate of drug-likeness (QED) is 0.673. The van der Waals surface area contributed by atoms with Gasteiger partial charge in [-0.15, -0.1) is 0 Å². The number of rotatable bonds is 2. The fraction of sp³-hybridized carbons (Fsp3) is 0.0667. The van der Waals surface area contributed by atoms with Crippen LogP contribution in [0.15, 0.2) is 45.3 Å². The van der Waals surface area contributed by atoms with Crippen molar-refractivity contribution in [3.8, 4) is 0 Å². The van der Waals surface area contributed by atoms with E-state index in [0.717, 1.165) is 17.5 Å². The second-order valence-electron chi connectivity index (χ2n) is 4.59. The highest BCUT2D eigenvalue weighted by molar-refractivity contribution is 9.10. The van der Waals surface area contributed by atoms with Gasteiger partial charge in [-0.2, -0.15) is 0 Å². The molecule has 1 aromatic heterocycles. The van der Waals surface area contributed by atoms with Gasteiger partial charge in [-0.05, 0) is 36.4 Å². The molecule has 0 aliphatic rings. The van der Waals surface area contributed by atoms with Crippen molar-refractivity contribution in [3.05, 3.63) is 68.9 Å². The molecule has 2 nitrogen and oxygen atoms in total. The maximum atomic E-state index is 14.0. The van der Waals surface area contributed by atoms with E-state index in [4.69, 9.17) is 21.8 Å². The Bertz CT molecular complexity index is 811. The third-order valence-electron chi connectivity index (χ3n) is 3.16. The van der Waals surface area contributed by atoms with Crippen LogP contribution in [0.5, 0.6) is 0 Å². The summed E-state index contributed by atoms with van der Waals surface area (Å²) in [5.74, 6) is -1.19. The molecule has 0 saturated carbocycles. The van der Waals surface area contributed by atoms with Gasteiger partial charge in [-0.1, -0.05) is 27.5 Å². The van der Waals surface area contributed by atoms with Crippen LogP contribution in [-0.4, -0.2) is 0 Å². The van der Waals surface area contributed by atoms with Crippen molar-refractivity contribution in [2.75, 3.05) is 0 Å². The summed E-state index contributed by atoms with van der Waals surface area (Å²) in [7, 11) is 0. The molecular weight excluding hydrogens is 364 g/mol.